The van der Waals surface area contributed by atoms with E-state index in [-0.39, 0.29) is 23.2 Å². The zero-order chi connectivity index (χ0) is 26.4. The van der Waals surface area contributed by atoms with Gasteiger partial charge in [-0.3, -0.25) is 14.3 Å². The van der Waals surface area contributed by atoms with Gasteiger partial charge in [0.25, 0.3) is 11.8 Å². The third kappa shape index (κ3) is 4.24. The van der Waals surface area contributed by atoms with Crippen LogP contribution in [0.25, 0.3) is 0 Å². The summed E-state index contributed by atoms with van der Waals surface area (Å²) in [7, 11) is 0. The predicted molar refractivity (Wildman–Crippen MR) is 140 cm³/mol. The van der Waals surface area contributed by atoms with Gasteiger partial charge in [-0.15, -0.1) is 0 Å². The van der Waals surface area contributed by atoms with Crippen LogP contribution >= 0.6 is 0 Å². The quantitative estimate of drug-likeness (QED) is 0.401. The lowest BCUT2D eigenvalue weighted by Crippen LogP contribution is -2.47. The Balaban J connectivity index is 1.23. The molecular formula is C29H26N6O3. The van der Waals surface area contributed by atoms with Gasteiger partial charge in [-0.05, 0) is 62.6 Å². The molecule has 1 saturated carbocycles. The van der Waals surface area contributed by atoms with E-state index < -0.39 is 5.91 Å². The molecule has 0 bridgehead atoms. The van der Waals surface area contributed by atoms with Gasteiger partial charge in [0.2, 0.25) is 0 Å². The van der Waals surface area contributed by atoms with Crippen LogP contribution in [0, 0.1) is 18.3 Å². The van der Waals surface area contributed by atoms with Crippen molar-refractivity contribution in [1.82, 2.24) is 14.9 Å². The number of hydrogen-bond donors (Lipinski definition) is 1. The van der Waals surface area contributed by atoms with Gasteiger partial charge >= 0.3 is 0 Å². The molecule has 2 aliphatic rings. The summed E-state index contributed by atoms with van der Waals surface area (Å²) >= 11 is 0. The molecule has 1 fully saturated rings. The second-order valence-corrected chi connectivity index (χ2v) is 9.99. The standard InChI is InChI=1S/C29H26N6O3/c1-17-16-34-26(25(15-31-34)28(36)32-22-5-3-4-20(12-22)14-30)29(37)35(17)23-10-6-19(7-11-23)13-24-18(2)33-38-27(24)21-8-9-21/h3-7,10-12,15,17,21H,8-9,13,16H2,1-2H3,(H,32,36)/t17-/m0/s1. The Labute approximate surface area is 219 Å². The highest BCUT2D eigenvalue weighted by atomic mass is 16.5. The highest BCUT2D eigenvalue weighted by Crippen LogP contribution is 2.43. The number of nitrogens with one attached hydrogen (secondary N) is 1. The molecule has 0 radical (unpaired) electrons. The Morgan fingerprint density at radius 3 is 2.74 bits per heavy atom. The first kappa shape index (κ1) is 23.7. The number of aryl methyl sites for hydroxylation is 1. The smallest absolute Gasteiger partial charge is 0.277 e. The van der Waals surface area contributed by atoms with E-state index in [1.54, 1.807) is 33.8 Å². The van der Waals surface area contributed by atoms with Crippen molar-refractivity contribution in [2.45, 2.75) is 51.6 Å². The van der Waals surface area contributed by atoms with Crippen molar-refractivity contribution < 1.29 is 14.1 Å². The topological polar surface area (TPSA) is 117 Å². The van der Waals surface area contributed by atoms with E-state index in [4.69, 9.17) is 9.78 Å². The maximum Gasteiger partial charge on any atom is 0.277 e. The van der Waals surface area contributed by atoms with Gasteiger partial charge in [0.05, 0.1) is 41.7 Å². The summed E-state index contributed by atoms with van der Waals surface area (Å²) < 4.78 is 7.18. The number of aromatic nitrogens is 3. The number of anilines is 2. The number of nitrogens with zero attached hydrogens (tertiary/aromatic N) is 5. The van der Waals surface area contributed by atoms with Crippen molar-refractivity contribution >= 4 is 23.2 Å². The lowest BCUT2D eigenvalue weighted by molar-refractivity contribution is 0.0933. The molecule has 4 aromatic rings. The molecule has 1 aliphatic heterocycles. The fourth-order valence-corrected chi connectivity index (χ4v) is 5.06. The summed E-state index contributed by atoms with van der Waals surface area (Å²) in [5, 5.41) is 20.4. The van der Waals surface area contributed by atoms with Gasteiger partial charge in [-0.1, -0.05) is 23.4 Å². The fourth-order valence-electron chi connectivity index (χ4n) is 5.06. The van der Waals surface area contributed by atoms with Crippen LogP contribution in [-0.2, 0) is 13.0 Å². The van der Waals surface area contributed by atoms with Crippen LogP contribution in [0.1, 0.15) is 74.7 Å². The van der Waals surface area contributed by atoms with Crippen LogP contribution in [0.2, 0.25) is 0 Å². The number of fused-ring (bicyclic) bond motifs is 1. The van der Waals surface area contributed by atoms with Crippen molar-refractivity contribution in [3.8, 4) is 6.07 Å². The third-order valence-electron chi connectivity index (χ3n) is 7.19. The predicted octanol–water partition coefficient (Wildman–Crippen LogP) is 4.82. The monoisotopic (exact) mass is 506 g/mol. The number of benzene rings is 2. The Kier molecular flexibility index (Phi) is 5.80. The summed E-state index contributed by atoms with van der Waals surface area (Å²) in [4.78, 5) is 28.5. The molecule has 0 spiro atoms. The number of carbonyl (C=O) groups excluding carboxylic acids is 2. The average molecular weight is 507 g/mol. The zero-order valence-corrected chi connectivity index (χ0v) is 21.1. The maximum absolute atomic E-state index is 13.7. The highest BCUT2D eigenvalue weighted by Gasteiger charge is 2.36. The maximum atomic E-state index is 13.7. The molecule has 3 heterocycles. The molecule has 38 heavy (non-hydrogen) atoms. The second kappa shape index (κ2) is 9.30. The van der Waals surface area contributed by atoms with Crippen molar-refractivity contribution in [2.75, 3.05) is 10.2 Å². The molecule has 1 aliphatic carbocycles. The van der Waals surface area contributed by atoms with E-state index in [1.807, 2.05) is 38.1 Å². The van der Waals surface area contributed by atoms with Gasteiger partial charge in [0, 0.05) is 29.3 Å². The van der Waals surface area contributed by atoms with Crippen molar-refractivity contribution in [3.63, 3.8) is 0 Å². The van der Waals surface area contributed by atoms with Crippen molar-refractivity contribution in [3.05, 3.63) is 94.1 Å². The number of carbonyl (C=O) groups is 2. The lowest BCUT2D eigenvalue weighted by Gasteiger charge is -2.34. The highest BCUT2D eigenvalue weighted by molar-refractivity contribution is 6.15. The SMILES string of the molecule is Cc1noc(C2CC2)c1Cc1ccc(N2C(=O)c3c(C(=O)Nc4cccc(C#N)c4)cnn3C[C@@H]2C)cc1. The number of hydrogen-bond acceptors (Lipinski definition) is 6. The largest absolute Gasteiger partial charge is 0.361 e. The first-order chi connectivity index (χ1) is 18.4. The van der Waals surface area contributed by atoms with E-state index in [9.17, 15) is 9.59 Å². The van der Waals surface area contributed by atoms with Gasteiger partial charge < -0.3 is 14.7 Å². The molecule has 2 aromatic heterocycles. The van der Waals surface area contributed by atoms with E-state index in [0.717, 1.165) is 47.5 Å². The minimum Gasteiger partial charge on any atom is -0.361 e. The molecule has 0 saturated heterocycles. The van der Waals surface area contributed by atoms with E-state index >= 15 is 0 Å². The molecule has 9 heteroatoms. The van der Waals surface area contributed by atoms with Crippen LogP contribution in [-0.4, -0.2) is 32.8 Å². The molecule has 1 atom stereocenters. The average Bonchev–Trinajstić information content (AvgIpc) is 3.57. The van der Waals surface area contributed by atoms with Crippen LogP contribution in [0.4, 0.5) is 11.4 Å². The Morgan fingerprint density at radius 1 is 1.21 bits per heavy atom. The summed E-state index contributed by atoms with van der Waals surface area (Å²) in [5.41, 5.74) is 5.31. The molecule has 9 nitrogen and oxygen atoms in total. The number of amides is 2. The molecule has 2 aromatic carbocycles. The van der Waals surface area contributed by atoms with Crippen LogP contribution in [0.15, 0.2) is 59.3 Å². The van der Waals surface area contributed by atoms with Crippen molar-refractivity contribution in [2.24, 2.45) is 0 Å². The lowest BCUT2D eigenvalue weighted by atomic mass is 10.0. The summed E-state index contributed by atoms with van der Waals surface area (Å²) in [6.45, 7) is 4.40. The Hall–Kier alpha value is -4.71. The first-order valence-corrected chi connectivity index (χ1v) is 12.7. The summed E-state index contributed by atoms with van der Waals surface area (Å²) in [6.07, 6.45) is 4.46. The van der Waals surface area contributed by atoms with Gasteiger partial charge in [-0.2, -0.15) is 10.4 Å². The van der Waals surface area contributed by atoms with Crippen LogP contribution in [0.3, 0.4) is 0 Å². The van der Waals surface area contributed by atoms with Gasteiger partial charge in [0.1, 0.15) is 11.5 Å². The second-order valence-electron chi connectivity index (χ2n) is 9.99. The van der Waals surface area contributed by atoms with Crippen LogP contribution in [0.5, 0.6) is 0 Å². The van der Waals surface area contributed by atoms with Crippen molar-refractivity contribution in [1.29, 1.82) is 5.26 Å². The van der Waals surface area contributed by atoms with E-state index in [1.165, 1.54) is 6.20 Å². The summed E-state index contributed by atoms with van der Waals surface area (Å²) in [5.74, 6) is 0.763. The Bertz CT molecular complexity index is 1590. The third-order valence-corrected chi connectivity index (χ3v) is 7.19. The normalized spacial score (nSPS) is 16.7. The minimum atomic E-state index is -0.449. The summed E-state index contributed by atoms with van der Waals surface area (Å²) in [6, 6.07) is 16.5. The first-order valence-electron chi connectivity index (χ1n) is 12.7. The van der Waals surface area contributed by atoms with E-state index in [0.29, 0.717) is 23.7 Å². The fraction of sp³-hybridized carbons (Fsp3) is 0.276. The molecule has 0 unspecified atom stereocenters. The molecule has 2 amide bonds. The number of nitriles is 1. The van der Waals surface area contributed by atoms with Crippen LogP contribution < -0.4 is 10.2 Å². The molecule has 190 valence electrons. The minimum absolute atomic E-state index is 0.147. The number of rotatable bonds is 6. The zero-order valence-electron chi connectivity index (χ0n) is 21.1. The molecular weight excluding hydrogens is 480 g/mol. The molecule has 6 rings (SSSR count). The van der Waals surface area contributed by atoms with E-state index in [2.05, 4.69) is 21.6 Å². The van der Waals surface area contributed by atoms with Gasteiger partial charge in [-0.25, -0.2) is 0 Å². The molecule has 1 N–H and O–H groups in total. The Morgan fingerprint density at radius 2 is 2.00 bits per heavy atom. The van der Waals surface area contributed by atoms with Gasteiger partial charge in [0.15, 0.2) is 0 Å².